The summed E-state index contributed by atoms with van der Waals surface area (Å²) in [6.07, 6.45) is 0.961. The molecule has 0 radical (unpaired) electrons. The number of hydrogen-bond acceptors (Lipinski definition) is 4. The predicted molar refractivity (Wildman–Crippen MR) is 78.8 cm³/mol. The second kappa shape index (κ2) is 6.00. The molecular weight excluding hydrogens is 279 g/mol. The molecule has 1 atom stereocenters. The third kappa shape index (κ3) is 3.14. The van der Waals surface area contributed by atoms with Crippen molar-refractivity contribution in [3.8, 4) is 0 Å². The number of thiophene rings is 1. The monoisotopic (exact) mass is 294 g/mol. The molecule has 20 heavy (non-hydrogen) atoms. The van der Waals surface area contributed by atoms with E-state index in [-0.39, 0.29) is 17.4 Å². The molecule has 2 rings (SSSR count). The molecule has 0 aliphatic carbocycles. The number of nitro benzene ring substituents is 1. The summed E-state index contributed by atoms with van der Waals surface area (Å²) in [5.41, 5.74) is 0.0275. The van der Waals surface area contributed by atoms with Crippen molar-refractivity contribution in [1.82, 2.24) is 0 Å². The van der Waals surface area contributed by atoms with Crippen molar-refractivity contribution in [3.63, 3.8) is 0 Å². The van der Waals surface area contributed by atoms with Crippen molar-refractivity contribution in [2.24, 2.45) is 0 Å². The Kier molecular flexibility index (Phi) is 4.34. The van der Waals surface area contributed by atoms with Gasteiger partial charge in [-0.15, -0.1) is 11.3 Å². The topological polar surface area (TPSA) is 55.2 Å². The minimum atomic E-state index is -0.532. The molecular formula is C14H15FN2O2S. The zero-order chi connectivity index (χ0) is 14.7. The van der Waals surface area contributed by atoms with Crippen LogP contribution in [-0.2, 0) is 6.42 Å². The van der Waals surface area contributed by atoms with Gasteiger partial charge < -0.3 is 5.32 Å². The molecule has 1 unspecified atom stereocenters. The van der Waals surface area contributed by atoms with Crippen molar-refractivity contribution in [3.05, 3.63) is 56.0 Å². The number of benzene rings is 1. The van der Waals surface area contributed by atoms with E-state index in [9.17, 15) is 14.5 Å². The van der Waals surface area contributed by atoms with Gasteiger partial charge in [-0.25, -0.2) is 4.39 Å². The smallest absolute Gasteiger partial charge is 0.271 e. The third-order valence-corrected chi connectivity index (χ3v) is 4.40. The normalized spacial score (nSPS) is 12.2. The second-order valence-electron chi connectivity index (χ2n) is 4.44. The zero-order valence-corrected chi connectivity index (χ0v) is 12.0. The van der Waals surface area contributed by atoms with E-state index >= 15 is 0 Å². The van der Waals surface area contributed by atoms with Crippen molar-refractivity contribution in [2.45, 2.75) is 26.3 Å². The van der Waals surface area contributed by atoms with Crippen LogP contribution in [0, 0.1) is 15.9 Å². The fourth-order valence-electron chi connectivity index (χ4n) is 1.86. The Labute approximate surface area is 120 Å². The summed E-state index contributed by atoms with van der Waals surface area (Å²) in [6, 6.07) is 7.43. The molecule has 2 aromatic rings. The van der Waals surface area contributed by atoms with Crippen LogP contribution < -0.4 is 5.32 Å². The Balaban J connectivity index is 2.20. The van der Waals surface area contributed by atoms with E-state index in [4.69, 9.17) is 0 Å². The number of hydrogen-bond donors (Lipinski definition) is 1. The highest BCUT2D eigenvalue weighted by atomic mass is 32.1. The van der Waals surface area contributed by atoms with E-state index in [2.05, 4.69) is 12.2 Å². The van der Waals surface area contributed by atoms with E-state index < -0.39 is 10.7 Å². The molecule has 0 saturated carbocycles. The van der Waals surface area contributed by atoms with E-state index in [0.717, 1.165) is 23.4 Å². The third-order valence-electron chi connectivity index (χ3n) is 2.99. The first-order chi connectivity index (χ1) is 9.51. The van der Waals surface area contributed by atoms with Crippen LogP contribution in [0.4, 0.5) is 15.8 Å². The molecule has 1 aromatic carbocycles. The number of rotatable bonds is 5. The maximum Gasteiger partial charge on any atom is 0.271 e. The Bertz CT molecular complexity index is 627. The van der Waals surface area contributed by atoms with Crippen LogP contribution in [0.25, 0.3) is 0 Å². The molecule has 6 heteroatoms. The number of nitrogens with one attached hydrogen (secondary N) is 1. The van der Waals surface area contributed by atoms with Gasteiger partial charge in [0.1, 0.15) is 5.82 Å². The minimum absolute atomic E-state index is 0.100. The molecule has 0 bridgehead atoms. The lowest BCUT2D eigenvalue weighted by molar-refractivity contribution is -0.384. The lowest BCUT2D eigenvalue weighted by Crippen LogP contribution is -2.06. The van der Waals surface area contributed by atoms with Gasteiger partial charge in [0.05, 0.1) is 16.7 Å². The van der Waals surface area contributed by atoms with E-state index in [0.29, 0.717) is 0 Å². The van der Waals surface area contributed by atoms with Crippen molar-refractivity contribution in [2.75, 3.05) is 5.32 Å². The summed E-state index contributed by atoms with van der Waals surface area (Å²) in [7, 11) is 0. The summed E-state index contributed by atoms with van der Waals surface area (Å²) in [6.45, 7) is 3.98. The average Bonchev–Trinajstić information content (AvgIpc) is 2.89. The fourth-order valence-corrected chi connectivity index (χ4v) is 2.81. The largest absolute Gasteiger partial charge is 0.375 e. The van der Waals surface area contributed by atoms with Crippen LogP contribution in [0.15, 0.2) is 30.3 Å². The summed E-state index contributed by atoms with van der Waals surface area (Å²) < 4.78 is 13.7. The summed E-state index contributed by atoms with van der Waals surface area (Å²) in [5.74, 6) is -0.491. The van der Waals surface area contributed by atoms with Gasteiger partial charge in [-0.05, 0) is 31.5 Å². The van der Waals surface area contributed by atoms with Crippen molar-refractivity contribution >= 4 is 22.7 Å². The summed E-state index contributed by atoms with van der Waals surface area (Å²) in [5, 5.41) is 13.7. The minimum Gasteiger partial charge on any atom is -0.375 e. The molecule has 106 valence electrons. The van der Waals surface area contributed by atoms with Gasteiger partial charge in [0.15, 0.2) is 0 Å². The van der Waals surface area contributed by atoms with Crippen LogP contribution in [-0.4, -0.2) is 4.92 Å². The van der Waals surface area contributed by atoms with Crippen molar-refractivity contribution in [1.29, 1.82) is 0 Å². The zero-order valence-electron chi connectivity index (χ0n) is 11.2. The number of nitrogens with zero attached hydrogens (tertiary/aromatic N) is 1. The fraction of sp³-hybridized carbons (Fsp3) is 0.286. The van der Waals surface area contributed by atoms with E-state index in [1.807, 2.05) is 19.1 Å². The quantitative estimate of drug-likeness (QED) is 0.651. The predicted octanol–water partition coefficient (Wildman–Crippen LogP) is 4.53. The van der Waals surface area contributed by atoms with E-state index in [1.54, 1.807) is 11.3 Å². The summed E-state index contributed by atoms with van der Waals surface area (Å²) in [4.78, 5) is 12.5. The molecule has 0 aliphatic rings. The number of non-ortho nitro benzene ring substituents is 1. The van der Waals surface area contributed by atoms with Crippen molar-refractivity contribution < 1.29 is 9.31 Å². The molecule has 1 N–H and O–H groups in total. The Morgan fingerprint density at radius 3 is 2.75 bits per heavy atom. The van der Waals surface area contributed by atoms with Gasteiger partial charge in [-0.3, -0.25) is 10.1 Å². The van der Waals surface area contributed by atoms with Crippen LogP contribution in [0.1, 0.15) is 29.6 Å². The van der Waals surface area contributed by atoms with Gasteiger partial charge in [0.25, 0.3) is 5.69 Å². The number of anilines is 1. The number of aryl methyl sites for hydroxylation is 1. The first kappa shape index (κ1) is 14.5. The highest BCUT2D eigenvalue weighted by Gasteiger charge is 2.14. The van der Waals surface area contributed by atoms with Gasteiger partial charge in [0.2, 0.25) is 0 Å². The van der Waals surface area contributed by atoms with Crippen LogP contribution in [0.5, 0.6) is 0 Å². The maximum absolute atomic E-state index is 13.7. The molecule has 0 spiro atoms. The molecule has 1 heterocycles. The van der Waals surface area contributed by atoms with Gasteiger partial charge in [-0.1, -0.05) is 6.92 Å². The highest BCUT2D eigenvalue weighted by molar-refractivity contribution is 7.12. The second-order valence-corrected chi connectivity index (χ2v) is 5.64. The summed E-state index contributed by atoms with van der Waals surface area (Å²) >= 11 is 1.66. The average molecular weight is 294 g/mol. The SMILES string of the molecule is CCc1ccc(C(C)Nc2cc([N+](=O)[O-])ccc2F)s1. The number of halogens is 1. The molecule has 4 nitrogen and oxygen atoms in total. The van der Waals surface area contributed by atoms with Crippen LogP contribution in [0.2, 0.25) is 0 Å². The Morgan fingerprint density at radius 1 is 1.40 bits per heavy atom. The molecule has 1 aromatic heterocycles. The number of nitro groups is 1. The molecule has 0 saturated heterocycles. The van der Waals surface area contributed by atoms with Crippen LogP contribution >= 0.6 is 11.3 Å². The van der Waals surface area contributed by atoms with Gasteiger partial charge in [0, 0.05) is 21.9 Å². The first-order valence-corrected chi connectivity index (χ1v) is 7.12. The highest BCUT2D eigenvalue weighted by Crippen LogP contribution is 2.29. The Morgan fingerprint density at radius 2 is 2.15 bits per heavy atom. The first-order valence-electron chi connectivity index (χ1n) is 6.30. The van der Waals surface area contributed by atoms with Crippen LogP contribution in [0.3, 0.4) is 0 Å². The van der Waals surface area contributed by atoms with Gasteiger partial charge in [-0.2, -0.15) is 0 Å². The molecule has 0 amide bonds. The maximum atomic E-state index is 13.7. The van der Waals surface area contributed by atoms with Gasteiger partial charge >= 0.3 is 0 Å². The molecule has 0 fully saturated rings. The Hall–Kier alpha value is -1.95. The lowest BCUT2D eigenvalue weighted by Gasteiger charge is -2.14. The lowest BCUT2D eigenvalue weighted by atomic mass is 10.2. The van der Waals surface area contributed by atoms with E-state index in [1.165, 1.54) is 10.9 Å². The standard InChI is InChI=1S/C14H15FN2O2S/c1-3-11-5-7-14(20-11)9(2)16-13-8-10(17(18)19)4-6-12(13)15/h4-9,16H,3H2,1-2H3. The molecule has 0 aliphatic heterocycles.